The van der Waals surface area contributed by atoms with Gasteiger partial charge < -0.3 is 30.5 Å². The van der Waals surface area contributed by atoms with Gasteiger partial charge in [0.05, 0.1) is 11.9 Å². The van der Waals surface area contributed by atoms with Gasteiger partial charge in [0, 0.05) is 49.9 Å². The molecule has 1 amide bonds. The number of amides is 1. The van der Waals surface area contributed by atoms with Gasteiger partial charge in [0.15, 0.2) is 0 Å². The smallest absolute Gasteiger partial charge is 0.248 e. The molecular weight excluding hydrogens is 470 g/mol. The average Bonchev–Trinajstić information content (AvgIpc) is 2.91. The average molecular weight is 504 g/mol. The van der Waals surface area contributed by atoms with Crippen LogP contribution in [0.25, 0.3) is 0 Å². The Labute approximate surface area is 217 Å². The normalized spacial score (nSPS) is 14.4. The zero-order valence-corrected chi connectivity index (χ0v) is 21.4. The lowest BCUT2D eigenvalue weighted by Crippen LogP contribution is -2.42. The number of nitrogens with two attached hydrogens (primary N) is 1. The number of nitrogens with zero attached hydrogens (tertiary/aromatic N) is 3. The number of aliphatic hydroxyl groups excluding tert-OH is 1. The van der Waals surface area contributed by atoms with Gasteiger partial charge in [-0.3, -0.25) is 9.78 Å². The Kier molecular flexibility index (Phi) is 8.25. The maximum atomic E-state index is 11.7. The van der Waals surface area contributed by atoms with Crippen LogP contribution in [0.15, 0.2) is 59.7 Å². The monoisotopic (exact) mass is 503 g/mol. The summed E-state index contributed by atoms with van der Waals surface area (Å²) in [6.45, 7) is 4.56. The number of anilines is 1. The highest BCUT2D eigenvalue weighted by atomic mass is 16.5. The molecule has 1 saturated heterocycles. The number of pyridine rings is 1. The number of carbonyl (C=O) groups is 1. The van der Waals surface area contributed by atoms with E-state index in [0.29, 0.717) is 49.0 Å². The van der Waals surface area contributed by atoms with E-state index in [9.17, 15) is 4.79 Å². The molecule has 0 aliphatic carbocycles. The molecule has 37 heavy (non-hydrogen) atoms. The number of likely N-dealkylation sites (tertiary alicyclic amines) is 1. The number of amidine groups is 1. The lowest BCUT2D eigenvalue weighted by molar-refractivity contribution is -0.135. The third kappa shape index (κ3) is 6.56. The van der Waals surface area contributed by atoms with Gasteiger partial charge in [-0.05, 0) is 67.9 Å². The topological polar surface area (TPSA) is 122 Å². The molecule has 0 unspecified atom stereocenters. The molecule has 0 atom stereocenters. The predicted octanol–water partition coefficient (Wildman–Crippen LogP) is 3.93. The molecule has 9 nitrogen and oxygen atoms in total. The van der Waals surface area contributed by atoms with Crippen molar-refractivity contribution in [2.75, 3.05) is 32.1 Å². The second kappa shape index (κ2) is 11.7. The fraction of sp³-hybridized carbons (Fsp3) is 0.321. The largest absolute Gasteiger partial charge is 0.490 e. The Morgan fingerprint density at radius 3 is 2.54 bits per heavy atom. The summed E-state index contributed by atoms with van der Waals surface area (Å²) in [5, 5.41) is 12.2. The van der Waals surface area contributed by atoms with E-state index in [1.807, 2.05) is 69.4 Å². The molecule has 3 aromatic rings. The van der Waals surface area contributed by atoms with Crippen LogP contribution in [0.5, 0.6) is 17.2 Å². The molecule has 0 radical (unpaired) electrons. The van der Waals surface area contributed by atoms with E-state index >= 15 is 0 Å². The number of aromatic nitrogens is 1. The molecule has 2 aromatic carbocycles. The number of hydrogen-bond donors (Lipinski definition) is 3. The van der Waals surface area contributed by atoms with E-state index in [1.54, 1.807) is 11.1 Å². The number of hydrogen-bond acceptors (Lipinski definition) is 7. The molecule has 2 heterocycles. The van der Waals surface area contributed by atoms with Crippen LogP contribution in [-0.2, 0) is 4.79 Å². The molecule has 1 aliphatic heterocycles. The van der Waals surface area contributed by atoms with Gasteiger partial charge in [0.25, 0.3) is 0 Å². The zero-order chi connectivity index (χ0) is 26.4. The number of benzene rings is 2. The van der Waals surface area contributed by atoms with Crippen LogP contribution in [0.2, 0.25) is 0 Å². The first-order valence-corrected chi connectivity index (χ1v) is 12.3. The van der Waals surface area contributed by atoms with Crippen LogP contribution in [-0.4, -0.2) is 59.6 Å². The number of carbonyl (C=O) groups excluding carboxylic acids is 1. The van der Waals surface area contributed by atoms with Crippen LogP contribution in [0.1, 0.15) is 29.7 Å². The summed E-state index contributed by atoms with van der Waals surface area (Å²) in [5.41, 5.74) is 10.6. The van der Waals surface area contributed by atoms with Crippen molar-refractivity contribution < 1.29 is 19.4 Å². The maximum absolute atomic E-state index is 11.7. The number of nitrogens with one attached hydrogen (secondary N) is 1. The lowest BCUT2D eigenvalue weighted by atomic mass is 10.1. The van der Waals surface area contributed by atoms with Crippen molar-refractivity contribution >= 4 is 23.1 Å². The first kappa shape index (κ1) is 26.0. The van der Waals surface area contributed by atoms with Gasteiger partial charge in [-0.1, -0.05) is 0 Å². The number of piperidine rings is 1. The Hall–Kier alpha value is -4.11. The first-order chi connectivity index (χ1) is 17.9. The summed E-state index contributed by atoms with van der Waals surface area (Å²) in [7, 11) is 1.83. The minimum atomic E-state index is -0.460. The molecule has 0 spiro atoms. The van der Waals surface area contributed by atoms with Crippen molar-refractivity contribution in [3.63, 3.8) is 0 Å². The standard InChI is InChI=1S/C28H33N5O4/c1-18-14-20(5-9-26(18)37-23-6-4-19(2)31-16-23)32-28(29)24-15-22(7-8-25(24)30-3)36-21-10-12-33(13-11-21)27(35)17-34/h4-9,14-16,21,30,34H,10-13,17H2,1-3H3,(H2,29,32). The second-order valence-electron chi connectivity index (χ2n) is 9.00. The minimum absolute atomic E-state index is 0.0203. The summed E-state index contributed by atoms with van der Waals surface area (Å²) in [4.78, 5) is 22.3. The van der Waals surface area contributed by atoms with Gasteiger partial charge in [-0.2, -0.15) is 0 Å². The number of aliphatic hydroxyl groups is 1. The first-order valence-electron chi connectivity index (χ1n) is 12.3. The Balaban J connectivity index is 1.47. The fourth-order valence-corrected chi connectivity index (χ4v) is 4.20. The van der Waals surface area contributed by atoms with Crippen molar-refractivity contribution in [2.45, 2.75) is 32.8 Å². The third-order valence-corrected chi connectivity index (χ3v) is 6.29. The molecular formula is C28H33N5O4. The number of aliphatic imine (C=N–C) groups is 1. The summed E-state index contributed by atoms with van der Waals surface area (Å²) in [5.74, 6) is 2.19. The van der Waals surface area contributed by atoms with E-state index in [-0.39, 0.29) is 12.0 Å². The van der Waals surface area contributed by atoms with E-state index in [4.69, 9.17) is 20.3 Å². The van der Waals surface area contributed by atoms with Crippen LogP contribution in [0, 0.1) is 13.8 Å². The van der Waals surface area contributed by atoms with Crippen LogP contribution in [0.3, 0.4) is 0 Å². The van der Waals surface area contributed by atoms with E-state index in [0.717, 1.165) is 28.3 Å². The maximum Gasteiger partial charge on any atom is 0.248 e. The Morgan fingerprint density at radius 2 is 1.89 bits per heavy atom. The Morgan fingerprint density at radius 1 is 1.14 bits per heavy atom. The van der Waals surface area contributed by atoms with Gasteiger partial charge in [0.1, 0.15) is 35.8 Å². The summed E-state index contributed by atoms with van der Waals surface area (Å²) >= 11 is 0. The molecule has 4 rings (SSSR count). The van der Waals surface area contributed by atoms with E-state index < -0.39 is 6.61 Å². The van der Waals surface area contributed by atoms with Crippen molar-refractivity contribution in [3.8, 4) is 17.2 Å². The van der Waals surface area contributed by atoms with Crippen LogP contribution in [0.4, 0.5) is 11.4 Å². The molecule has 0 bridgehead atoms. The van der Waals surface area contributed by atoms with Crippen molar-refractivity contribution in [3.05, 3.63) is 71.5 Å². The van der Waals surface area contributed by atoms with Gasteiger partial charge >= 0.3 is 0 Å². The van der Waals surface area contributed by atoms with E-state index in [1.165, 1.54) is 0 Å². The zero-order valence-electron chi connectivity index (χ0n) is 21.4. The van der Waals surface area contributed by atoms with Crippen molar-refractivity contribution in [2.24, 2.45) is 10.7 Å². The number of aryl methyl sites for hydroxylation is 2. The molecule has 0 saturated carbocycles. The molecule has 1 fully saturated rings. The second-order valence-corrected chi connectivity index (χ2v) is 9.00. The Bertz CT molecular complexity index is 1270. The number of rotatable bonds is 8. The summed E-state index contributed by atoms with van der Waals surface area (Å²) in [6.07, 6.45) is 3.08. The molecule has 1 aliphatic rings. The highest BCUT2D eigenvalue weighted by Crippen LogP contribution is 2.30. The van der Waals surface area contributed by atoms with Crippen molar-refractivity contribution in [1.82, 2.24) is 9.88 Å². The summed E-state index contributed by atoms with van der Waals surface area (Å²) < 4.78 is 12.2. The minimum Gasteiger partial charge on any atom is -0.490 e. The van der Waals surface area contributed by atoms with Crippen LogP contribution < -0.4 is 20.5 Å². The van der Waals surface area contributed by atoms with Gasteiger partial charge in [-0.15, -0.1) is 0 Å². The molecule has 1 aromatic heterocycles. The number of ether oxygens (including phenoxy) is 2. The highest BCUT2D eigenvalue weighted by molar-refractivity contribution is 6.04. The fourth-order valence-electron chi connectivity index (χ4n) is 4.20. The molecule has 9 heteroatoms. The van der Waals surface area contributed by atoms with Crippen LogP contribution >= 0.6 is 0 Å². The van der Waals surface area contributed by atoms with Gasteiger partial charge in [-0.25, -0.2) is 4.99 Å². The van der Waals surface area contributed by atoms with Gasteiger partial charge in [0.2, 0.25) is 5.91 Å². The van der Waals surface area contributed by atoms with E-state index in [2.05, 4.69) is 15.3 Å². The van der Waals surface area contributed by atoms with Crippen molar-refractivity contribution in [1.29, 1.82) is 0 Å². The molecule has 4 N–H and O–H groups in total. The third-order valence-electron chi connectivity index (χ3n) is 6.29. The lowest BCUT2D eigenvalue weighted by Gasteiger charge is -2.32. The predicted molar refractivity (Wildman–Crippen MR) is 144 cm³/mol. The summed E-state index contributed by atoms with van der Waals surface area (Å²) in [6, 6.07) is 15.1. The highest BCUT2D eigenvalue weighted by Gasteiger charge is 2.23. The SMILES string of the molecule is CNc1ccc(OC2CCN(C(=O)CO)CC2)cc1C(N)=Nc1ccc(Oc2ccc(C)nc2)c(C)c1. The molecule has 194 valence electrons. The quantitative estimate of drug-likeness (QED) is 0.314.